The van der Waals surface area contributed by atoms with Crippen LogP contribution < -0.4 is 14.2 Å². The predicted molar refractivity (Wildman–Crippen MR) is 92.3 cm³/mol. The van der Waals surface area contributed by atoms with Crippen molar-refractivity contribution in [2.75, 3.05) is 18.9 Å². The zero-order valence-electron chi connectivity index (χ0n) is 13.9. The second kappa shape index (κ2) is 7.04. The minimum absolute atomic E-state index is 0.0269. The van der Waals surface area contributed by atoms with Crippen molar-refractivity contribution in [3.63, 3.8) is 0 Å². The van der Waals surface area contributed by atoms with Crippen molar-refractivity contribution in [3.05, 3.63) is 54.3 Å². The van der Waals surface area contributed by atoms with Gasteiger partial charge in [-0.15, -0.1) is 0 Å². The van der Waals surface area contributed by atoms with Crippen LogP contribution in [0.25, 0.3) is 11.3 Å². The van der Waals surface area contributed by atoms with Gasteiger partial charge >= 0.3 is 5.95 Å². The minimum atomic E-state index is -3.92. The van der Waals surface area contributed by atoms with Crippen LogP contribution in [0.4, 0.5) is 10.1 Å². The Morgan fingerprint density at radius 1 is 1.08 bits per heavy atom. The van der Waals surface area contributed by atoms with Gasteiger partial charge in [-0.1, -0.05) is 23.4 Å². The summed E-state index contributed by atoms with van der Waals surface area (Å²) in [5.41, 5.74) is 0.352. The van der Waals surface area contributed by atoms with Gasteiger partial charge in [0.25, 0.3) is 10.0 Å². The van der Waals surface area contributed by atoms with Gasteiger partial charge in [-0.05, 0) is 30.3 Å². The second-order valence-electron chi connectivity index (χ2n) is 5.17. The van der Waals surface area contributed by atoms with Gasteiger partial charge in [-0.25, -0.2) is 12.8 Å². The molecule has 0 spiro atoms. The number of methoxy groups -OCH3 is 2. The summed E-state index contributed by atoms with van der Waals surface area (Å²) in [5.74, 6) is -0.713. The lowest BCUT2D eigenvalue weighted by Crippen LogP contribution is -2.13. The Morgan fingerprint density at radius 2 is 1.81 bits per heavy atom. The Labute approximate surface area is 149 Å². The Balaban J connectivity index is 2.05. The van der Waals surface area contributed by atoms with E-state index in [-0.39, 0.29) is 28.0 Å². The third-order valence-corrected chi connectivity index (χ3v) is 4.93. The molecule has 1 aromatic heterocycles. The molecular weight excluding hydrogens is 363 g/mol. The van der Waals surface area contributed by atoms with Gasteiger partial charge in [-0.2, -0.15) is 0 Å². The van der Waals surface area contributed by atoms with Gasteiger partial charge in [0, 0.05) is 5.56 Å². The highest BCUT2D eigenvalue weighted by Crippen LogP contribution is 2.38. The quantitative estimate of drug-likeness (QED) is 0.708. The summed E-state index contributed by atoms with van der Waals surface area (Å²) in [5, 5.41) is 3.80. The van der Waals surface area contributed by atoms with Crippen molar-refractivity contribution in [1.82, 2.24) is 5.16 Å². The molecule has 3 aromatic rings. The number of sulfonamides is 1. The number of hydrogen-bond donors (Lipinski definition) is 1. The largest absolute Gasteiger partial charge is 0.494 e. The van der Waals surface area contributed by atoms with Crippen molar-refractivity contribution in [3.8, 4) is 23.0 Å². The highest BCUT2D eigenvalue weighted by Gasteiger charge is 2.25. The van der Waals surface area contributed by atoms with Crippen molar-refractivity contribution in [1.29, 1.82) is 0 Å². The molecule has 7 nitrogen and oxygen atoms in total. The van der Waals surface area contributed by atoms with Crippen molar-refractivity contribution in [2.45, 2.75) is 4.90 Å². The van der Waals surface area contributed by atoms with E-state index in [1.807, 2.05) is 0 Å². The third-order valence-electron chi connectivity index (χ3n) is 3.56. The van der Waals surface area contributed by atoms with Crippen LogP contribution in [0.3, 0.4) is 0 Å². The first-order valence-electron chi connectivity index (χ1n) is 7.41. The van der Waals surface area contributed by atoms with Crippen LogP contribution in [0, 0.1) is 5.82 Å². The van der Waals surface area contributed by atoms with E-state index in [2.05, 4.69) is 9.88 Å². The average Bonchev–Trinajstić information content (AvgIpc) is 3.04. The van der Waals surface area contributed by atoms with Crippen LogP contribution in [-0.4, -0.2) is 27.8 Å². The fraction of sp³-hybridized carbons (Fsp3) is 0.118. The molecule has 0 atom stereocenters. The number of nitrogens with one attached hydrogen (secondary N) is 1. The van der Waals surface area contributed by atoms with E-state index in [1.54, 1.807) is 18.2 Å². The SMILES string of the molecule is COc1ccc(-c2noc(OC)c2NS(=O)(=O)c2ccccc2)cc1F. The molecule has 0 bridgehead atoms. The summed E-state index contributed by atoms with van der Waals surface area (Å²) in [7, 11) is -1.27. The van der Waals surface area contributed by atoms with Gasteiger partial charge in [0.1, 0.15) is 5.69 Å². The molecule has 0 aliphatic carbocycles. The Morgan fingerprint density at radius 3 is 2.42 bits per heavy atom. The minimum Gasteiger partial charge on any atom is -0.494 e. The molecule has 0 amide bonds. The number of halogens is 1. The van der Waals surface area contributed by atoms with Gasteiger partial charge in [0.05, 0.1) is 19.1 Å². The highest BCUT2D eigenvalue weighted by atomic mass is 32.2. The summed E-state index contributed by atoms with van der Waals surface area (Å²) in [4.78, 5) is 0.0510. The Bertz CT molecular complexity index is 1020. The summed E-state index contributed by atoms with van der Waals surface area (Å²) in [6, 6.07) is 11.9. The van der Waals surface area contributed by atoms with Crippen LogP contribution in [0.5, 0.6) is 11.7 Å². The molecule has 1 heterocycles. The molecule has 0 saturated carbocycles. The number of nitrogens with zero attached hydrogens (tertiary/aromatic N) is 1. The van der Waals surface area contributed by atoms with Crippen LogP contribution in [0.15, 0.2) is 57.9 Å². The first kappa shape index (κ1) is 17.7. The average molecular weight is 378 g/mol. The molecule has 0 saturated heterocycles. The van der Waals surface area contributed by atoms with E-state index in [1.165, 1.54) is 38.5 Å². The first-order valence-corrected chi connectivity index (χ1v) is 8.90. The number of benzene rings is 2. The summed E-state index contributed by atoms with van der Waals surface area (Å²) in [6.07, 6.45) is 0. The van der Waals surface area contributed by atoms with E-state index in [0.717, 1.165) is 6.07 Å². The lowest BCUT2D eigenvalue weighted by atomic mass is 10.1. The smallest absolute Gasteiger partial charge is 0.336 e. The molecule has 0 fully saturated rings. The van der Waals surface area contributed by atoms with Gasteiger partial charge in [0.2, 0.25) is 0 Å². The number of anilines is 1. The van der Waals surface area contributed by atoms with Crippen LogP contribution in [-0.2, 0) is 10.0 Å². The van der Waals surface area contributed by atoms with Crippen LogP contribution in [0.1, 0.15) is 0 Å². The molecule has 9 heteroatoms. The zero-order chi connectivity index (χ0) is 18.7. The standard InChI is InChI=1S/C17H15FN2O5S/c1-23-14-9-8-11(10-13(14)18)15-16(17(24-2)25-19-15)20-26(21,22)12-6-4-3-5-7-12/h3-10,20H,1-2H3. The molecule has 136 valence electrons. The third kappa shape index (κ3) is 3.33. The molecule has 0 aliphatic heterocycles. The second-order valence-corrected chi connectivity index (χ2v) is 6.85. The number of aromatic nitrogens is 1. The van der Waals surface area contributed by atoms with Crippen LogP contribution in [0.2, 0.25) is 0 Å². The molecule has 1 N–H and O–H groups in total. The molecule has 2 aromatic carbocycles. The van der Waals surface area contributed by atoms with E-state index in [4.69, 9.17) is 14.0 Å². The zero-order valence-corrected chi connectivity index (χ0v) is 14.7. The highest BCUT2D eigenvalue weighted by molar-refractivity contribution is 7.92. The maximum absolute atomic E-state index is 14.0. The molecule has 0 unspecified atom stereocenters. The number of ether oxygens (including phenoxy) is 2. The fourth-order valence-electron chi connectivity index (χ4n) is 2.31. The fourth-order valence-corrected chi connectivity index (χ4v) is 3.39. The lowest BCUT2D eigenvalue weighted by Gasteiger charge is -2.09. The maximum Gasteiger partial charge on any atom is 0.336 e. The normalized spacial score (nSPS) is 11.2. The molecular formula is C17H15FN2O5S. The van der Waals surface area contributed by atoms with Crippen molar-refractivity contribution < 1.29 is 26.8 Å². The predicted octanol–water partition coefficient (Wildman–Crippen LogP) is 3.30. The van der Waals surface area contributed by atoms with Crippen molar-refractivity contribution in [2.24, 2.45) is 0 Å². The molecule has 0 aliphatic rings. The summed E-state index contributed by atoms with van der Waals surface area (Å²) >= 11 is 0. The lowest BCUT2D eigenvalue weighted by molar-refractivity contribution is 0.263. The molecule has 3 rings (SSSR count). The monoisotopic (exact) mass is 378 g/mol. The Hall–Kier alpha value is -3.07. The molecule has 26 heavy (non-hydrogen) atoms. The number of hydrogen-bond acceptors (Lipinski definition) is 6. The molecule has 0 radical (unpaired) electrons. The van der Waals surface area contributed by atoms with E-state index >= 15 is 0 Å². The van der Waals surface area contributed by atoms with Gasteiger partial charge in [0.15, 0.2) is 17.3 Å². The van der Waals surface area contributed by atoms with Crippen molar-refractivity contribution >= 4 is 15.7 Å². The summed E-state index contributed by atoms with van der Waals surface area (Å²) in [6.45, 7) is 0. The van der Waals surface area contributed by atoms with E-state index < -0.39 is 15.8 Å². The topological polar surface area (TPSA) is 90.7 Å². The van der Waals surface area contributed by atoms with Crippen LogP contribution >= 0.6 is 0 Å². The first-order chi connectivity index (χ1) is 12.5. The Kier molecular flexibility index (Phi) is 4.81. The van der Waals surface area contributed by atoms with Gasteiger partial charge < -0.3 is 14.0 Å². The van der Waals surface area contributed by atoms with E-state index in [0.29, 0.717) is 5.56 Å². The van der Waals surface area contributed by atoms with E-state index in [9.17, 15) is 12.8 Å². The van der Waals surface area contributed by atoms with Gasteiger partial charge in [-0.3, -0.25) is 4.72 Å². The number of rotatable bonds is 6. The summed E-state index contributed by atoms with van der Waals surface area (Å²) < 4.78 is 56.5. The maximum atomic E-state index is 14.0.